The van der Waals surface area contributed by atoms with Crippen molar-refractivity contribution < 1.29 is 4.74 Å². The molecule has 2 saturated heterocycles. The third-order valence-electron chi connectivity index (χ3n) is 4.19. The van der Waals surface area contributed by atoms with Crippen molar-refractivity contribution in [3.63, 3.8) is 0 Å². The molecule has 2 rings (SSSR count). The lowest BCUT2D eigenvalue weighted by Crippen LogP contribution is -2.40. The Labute approximate surface area is 111 Å². The molecule has 17 heavy (non-hydrogen) atoms. The second kappa shape index (κ2) is 7.60. The Kier molecular flexibility index (Phi) is 6.10. The summed E-state index contributed by atoms with van der Waals surface area (Å²) in [7, 11) is 0. The molecule has 0 aromatic carbocycles. The molecule has 2 heterocycles. The second-order valence-electron chi connectivity index (χ2n) is 5.44. The third-order valence-corrected chi connectivity index (χ3v) is 4.41. The molecule has 0 amide bonds. The second-order valence-corrected chi connectivity index (χ2v) is 5.82. The Bertz CT molecular complexity index is 204. The molecule has 0 aliphatic carbocycles. The molecule has 0 saturated carbocycles. The number of alkyl halides is 1. The van der Waals surface area contributed by atoms with E-state index in [1.165, 1.54) is 64.5 Å². The molecule has 0 spiro atoms. The fraction of sp³-hybridized carbons (Fsp3) is 1.00. The predicted octanol–water partition coefficient (Wildman–Crippen LogP) is 3.43. The van der Waals surface area contributed by atoms with E-state index >= 15 is 0 Å². The van der Waals surface area contributed by atoms with E-state index in [0.29, 0.717) is 6.10 Å². The largest absolute Gasteiger partial charge is 0.378 e. The van der Waals surface area contributed by atoms with Gasteiger partial charge in [-0.2, -0.15) is 0 Å². The number of likely N-dealkylation sites (tertiary alicyclic amines) is 1. The average molecular weight is 260 g/mol. The van der Waals surface area contributed by atoms with Gasteiger partial charge in [-0.1, -0.05) is 6.42 Å². The predicted molar refractivity (Wildman–Crippen MR) is 72.8 cm³/mol. The van der Waals surface area contributed by atoms with E-state index < -0.39 is 0 Å². The normalized spacial score (nSPS) is 30.9. The lowest BCUT2D eigenvalue weighted by Gasteiger charge is -2.35. The summed E-state index contributed by atoms with van der Waals surface area (Å²) in [6.07, 6.45) is 10.9. The fourth-order valence-corrected chi connectivity index (χ4v) is 3.45. The van der Waals surface area contributed by atoms with Crippen molar-refractivity contribution >= 4 is 11.6 Å². The van der Waals surface area contributed by atoms with Gasteiger partial charge in [0, 0.05) is 18.5 Å². The molecule has 100 valence electrons. The highest BCUT2D eigenvalue weighted by Crippen LogP contribution is 2.22. The van der Waals surface area contributed by atoms with Gasteiger partial charge in [-0.15, -0.1) is 11.6 Å². The van der Waals surface area contributed by atoms with E-state index in [9.17, 15) is 0 Å². The Morgan fingerprint density at radius 3 is 2.82 bits per heavy atom. The monoisotopic (exact) mass is 259 g/mol. The van der Waals surface area contributed by atoms with Crippen molar-refractivity contribution in [2.45, 2.75) is 63.5 Å². The summed E-state index contributed by atoms with van der Waals surface area (Å²) in [5, 5.41) is 0. The SMILES string of the molecule is ClCCC1CCCCN1CCCC1CCCO1. The first kappa shape index (κ1) is 13.6. The maximum absolute atomic E-state index is 5.89. The van der Waals surface area contributed by atoms with E-state index in [4.69, 9.17) is 16.3 Å². The Hall–Kier alpha value is 0.210. The van der Waals surface area contributed by atoms with E-state index in [-0.39, 0.29) is 0 Å². The van der Waals surface area contributed by atoms with Crippen molar-refractivity contribution in [1.29, 1.82) is 0 Å². The van der Waals surface area contributed by atoms with E-state index in [1.54, 1.807) is 0 Å². The average Bonchev–Trinajstić information content (AvgIpc) is 2.85. The molecule has 3 heteroatoms. The van der Waals surface area contributed by atoms with Crippen LogP contribution in [0.1, 0.15) is 51.4 Å². The molecular weight excluding hydrogens is 234 g/mol. The zero-order chi connectivity index (χ0) is 11.9. The minimum atomic E-state index is 0.561. The van der Waals surface area contributed by atoms with Crippen LogP contribution in [0.4, 0.5) is 0 Å². The summed E-state index contributed by atoms with van der Waals surface area (Å²) in [6, 6.07) is 0.755. The van der Waals surface area contributed by atoms with E-state index in [2.05, 4.69) is 4.90 Å². The molecule has 2 nitrogen and oxygen atoms in total. The highest BCUT2D eigenvalue weighted by Gasteiger charge is 2.22. The first-order valence-corrected chi connectivity index (χ1v) is 7.85. The lowest BCUT2D eigenvalue weighted by atomic mass is 9.99. The number of rotatable bonds is 6. The maximum atomic E-state index is 5.89. The number of hydrogen-bond acceptors (Lipinski definition) is 2. The van der Waals surface area contributed by atoms with Crippen LogP contribution in [0.3, 0.4) is 0 Å². The Morgan fingerprint density at radius 2 is 2.06 bits per heavy atom. The number of piperidine rings is 1. The lowest BCUT2D eigenvalue weighted by molar-refractivity contribution is 0.0906. The standard InChI is InChI=1S/C14H26ClNO/c15-9-8-13-5-1-2-10-16(13)11-3-6-14-7-4-12-17-14/h13-14H,1-12H2. The molecule has 2 unspecified atom stereocenters. The number of ether oxygens (including phenoxy) is 1. The van der Waals surface area contributed by atoms with Gasteiger partial charge >= 0.3 is 0 Å². The van der Waals surface area contributed by atoms with Gasteiger partial charge < -0.3 is 9.64 Å². The molecule has 0 radical (unpaired) electrons. The van der Waals surface area contributed by atoms with Crippen LogP contribution in [0.2, 0.25) is 0 Å². The smallest absolute Gasteiger partial charge is 0.0576 e. The first-order chi connectivity index (χ1) is 8.40. The molecule has 0 aromatic heterocycles. The van der Waals surface area contributed by atoms with Crippen LogP contribution in [-0.4, -0.2) is 42.6 Å². The molecular formula is C14H26ClNO. The van der Waals surface area contributed by atoms with Gasteiger partial charge in [0.25, 0.3) is 0 Å². The summed E-state index contributed by atoms with van der Waals surface area (Å²) in [5.41, 5.74) is 0. The molecule has 2 aliphatic rings. The van der Waals surface area contributed by atoms with Crippen molar-refractivity contribution in [1.82, 2.24) is 4.90 Å². The van der Waals surface area contributed by atoms with Gasteiger partial charge in [0.15, 0.2) is 0 Å². The molecule has 2 fully saturated rings. The van der Waals surface area contributed by atoms with E-state index in [1.807, 2.05) is 0 Å². The zero-order valence-corrected chi connectivity index (χ0v) is 11.6. The van der Waals surface area contributed by atoms with Gasteiger partial charge in [-0.25, -0.2) is 0 Å². The highest BCUT2D eigenvalue weighted by atomic mass is 35.5. The minimum absolute atomic E-state index is 0.561. The highest BCUT2D eigenvalue weighted by molar-refractivity contribution is 6.17. The van der Waals surface area contributed by atoms with Gasteiger partial charge in [0.05, 0.1) is 6.10 Å². The minimum Gasteiger partial charge on any atom is -0.378 e. The fourth-order valence-electron chi connectivity index (χ4n) is 3.20. The summed E-state index contributed by atoms with van der Waals surface area (Å²) in [5.74, 6) is 0.812. The molecule has 0 N–H and O–H groups in total. The van der Waals surface area contributed by atoms with Gasteiger partial charge in [-0.05, 0) is 58.0 Å². The summed E-state index contributed by atoms with van der Waals surface area (Å²) in [4.78, 5) is 2.67. The molecule has 0 aromatic rings. The van der Waals surface area contributed by atoms with Crippen LogP contribution < -0.4 is 0 Å². The Morgan fingerprint density at radius 1 is 1.12 bits per heavy atom. The van der Waals surface area contributed by atoms with Crippen molar-refractivity contribution in [3.05, 3.63) is 0 Å². The van der Waals surface area contributed by atoms with Crippen molar-refractivity contribution in [2.24, 2.45) is 0 Å². The van der Waals surface area contributed by atoms with Crippen LogP contribution in [0, 0.1) is 0 Å². The topological polar surface area (TPSA) is 12.5 Å². The van der Waals surface area contributed by atoms with Gasteiger partial charge in [-0.3, -0.25) is 0 Å². The van der Waals surface area contributed by atoms with Crippen LogP contribution >= 0.6 is 11.6 Å². The van der Waals surface area contributed by atoms with E-state index in [0.717, 1.165) is 18.5 Å². The number of halogens is 1. The van der Waals surface area contributed by atoms with Crippen LogP contribution in [-0.2, 0) is 4.74 Å². The van der Waals surface area contributed by atoms with Crippen LogP contribution in [0.5, 0.6) is 0 Å². The van der Waals surface area contributed by atoms with Crippen molar-refractivity contribution in [3.8, 4) is 0 Å². The molecule has 2 aliphatic heterocycles. The number of hydrogen-bond donors (Lipinski definition) is 0. The molecule has 0 bridgehead atoms. The summed E-state index contributed by atoms with van der Waals surface area (Å²) in [6.45, 7) is 3.53. The maximum Gasteiger partial charge on any atom is 0.0576 e. The van der Waals surface area contributed by atoms with Crippen LogP contribution in [0.25, 0.3) is 0 Å². The summed E-state index contributed by atoms with van der Waals surface area (Å²) >= 11 is 5.89. The molecule has 2 atom stereocenters. The summed E-state index contributed by atoms with van der Waals surface area (Å²) < 4.78 is 5.68. The first-order valence-electron chi connectivity index (χ1n) is 7.32. The van der Waals surface area contributed by atoms with Gasteiger partial charge in [0.2, 0.25) is 0 Å². The Balaban J connectivity index is 1.64. The van der Waals surface area contributed by atoms with Crippen molar-refractivity contribution in [2.75, 3.05) is 25.6 Å². The third kappa shape index (κ3) is 4.42. The number of nitrogens with zero attached hydrogens (tertiary/aromatic N) is 1. The zero-order valence-electron chi connectivity index (χ0n) is 10.9. The quantitative estimate of drug-likeness (QED) is 0.678. The van der Waals surface area contributed by atoms with Gasteiger partial charge in [0.1, 0.15) is 0 Å². The van der Waals surface area contributed by atoms with Crippen LogP contribution in [0.15, 0.2) is 0 Å².